The van der Waals surface area contributed by atoms with Crippen LogP contribution in [0, 0.1) is 23.7 Å². The second kappa shape index (κ2) is 6.21. The highest BCUT2D eigenvalue weighted by atomic mass is 14.6. The lowest BCUT2D eigenvalue weighted by atomic mass is 9.97. The summed E-state index contributed by atoms with van der Waals surface area (Å²) in [6.07, 6.45) is 12.8. The molecule has 20 heavy (non-hydrogen) atoms. The molecule has 0 N–H and O–H groups in total. The summed E-state index contributed by atoms with van der Waals surface area (Å²) in [5, 5.41) is 0. The monoisotopic (exact) mass is 261 g/mol. The van der Waals surface area contributed by atoms with Crippen molar-refractivity contribution in [1.82, 2.24) is 0 Å². The summed E-state index contributed by atoms with van der Waals surface area (Å²) in [6.45, 7) is 12.3. The number of nitrogens with zero attached hydrogens (tertiary/aromatic N) is 1. The van der Waals surface area contributed by atoms with Crippen LogP contribution in [-0.2, 0) is 0 Å². The third-order valence-electron chi connectivity index (χ3n) is 3.61. The highest BCUT2D eigenvalue weighted by Crippen LogP contribution is 2.43. The Kier molecular flexibility index (Phi) is 4.38. The van der Waals surface area contributed by atoms with Crippen LogP contribution in [0.2, 0.25) is 0 Å². The lowest BCUT2D eigenvalue weighted by molar-refractivity contribution is 0.866. The van der Waals surface area contributed by atoms with E-state index < -0.39 is 0 Å². The Morgan fingerprint density at radius 2 is 2.25 bits per heavy atom. The molecule has 0 spiro atoms. The van der Waals surface area contributed by atoms with Crippen molar-refractivity contribution in [3.63, 3.8) is 0 Å². The Balaban J connectivity index is 2.34. The lowest BCUT2D eigenvalue weighted by Gasteiger charge is -2.07. The number of rotatable bonds is 4. The zero-order chi connectivity index (χ0) is 14.5. The van der Waals surface area contributed by atoms with E-state index >= 15 is 0 Å². The number of fused-ring (bicyclic) bond motifs is 1. The fourth-order valence-corrected chi connectivity index (χ4v) is 2.44. The molecule has 0 heterocycles. The Morgan fingerprint density at radius 3 is 2.95 bits per heavy atom. The van der Waals surface area contributed by atoms with Crippen LogP contribution in [0.1, 0.15) is 6.42 Å². The van der Waals surface area contributed by atoms with Gasteiger partial charge < -0.3 is 4.99 Å². The molecule has 0 radical (unpaired) electrons. The molecular weight excluding hydrogens is 242 g/mol. The fourth-order valence-electron chi connectivity index (χ4n) is 2.44. The molecule has 2 unspecified atom stereocenters. The minimum atomic E-state index is 0.0778. The van der Waals surface area contributed by atoms with Crippen molar-refractivity contribution in [2.75, 3.05) is 7.05 Å². The molecule has 0 aromatic rings. The highest BCUT2D eigenvalue weighted by Gasteiger charge is 2.31. The topological polar surface area (TPSA) is 12.4 Å². The molecule has 0 bridgehead atoms. The molecule has 1 saturated carbocycles. The summed E-state index contributed by atoms with van der Waals surface area (Å²) in [5.74, 6) is 6.59. The van der Waals surface area contributed by atoms with Crippen LogP contribution in [0.15, 0.2) is 77.4 Å². The first kappa shape index (κ1) is 14.1. The van der Waals surface area contributed by atoms with Gasteiger partial charge in [0, 0.05) is 13.0 Å². The maximum atomic E-state index is 4.21. The molecule has 100 valence electrons. The molecule has 2 aliphatic rings. The van der Waals surface area contributed by atoms with Crippen LogP contribution in [0.25, 0.3) is 0 Å². The van der Waals surface area contributed by atoms with E-state index in [9.17, 15) is 0 Å². The molecule has 2 rings (SSSR count). The van der Waals surface area contributed by atoms with E-state index in [1.165, 1.54) is 0 Å². The number of aliphatic imine (C=N–C) groups is 1. The van der Waals surface area contributed by atoms with Crippen molar-refractivity contribution < 1.29 is 0 Å². The molecule has 0 aliphatic heterocycles. The van der Waals surface area contributed by atoms with Crippen molar-refractivity contribution in [1.29, 1.82) is 0 Å². The van der Waals surface area contributed by atoms with E-state index in [1.807, 2.05) is 24.4 Å². The summed E-state index contributed by atoms with van der Waals surface area (Å²) in [4.78, 5) is 4.03. The maximum absolute atomic E-state index is 4.21. The van der Waals surface area contributed by atoms with Crippen molar-refractivity contribution in [3.8, 4) is 11.8 Å². The van der Waals surface area contributed by atoms with E-state index in [1.54, 1.807) is 7.05 Å². The Morgan fingerprint density at radius 1 is 1.45 bits per heavy atom. The molecule has 0 aromatic carbocycles. The minimum absolute atomic E-state index is 0.0778. The van der Waals surface area contributed by atoms with E-state index in [2.05, 4.69) is 48.7 Å². The SMILES string of the molecule is C=CC(/C=C1\C(=C)C2=CC=CC#CC2C1=C)CC=NC. The molecule has 0 amide bonds. The second-order valence-electron chi connectivity index (χ2n) is 4.86. The van der Waals surface area contributed by atoms with Crippen molar-refractivity contribution in [2.24, 2.45) is 16.8 Å². The first-order chi connectivity index (χ1) is 9.69. The molecule has 1 fully saturated rings. The zero-order valence-electron chi connectivity index (χ0n) is 11.9. The normalized spacial score (nSPS) is 24.1. The van der Waals surface area contributed by atoms with Gasteiger partial charge in [-0.25, -0.2) is 0 Å². The molecular formula is C19H19N. The Hall–Kier alpha value is -2.33. The smallest absolute Gasteiger partial charge is 0.0711 e. The number of allylic oxidation sites excluding steroid dienone is 9. The first-order valence-electron chi connectivity index (χ1n) is 6.70. The average Bonchev–Trinajstić information content (AvgIpc) is 2.67. The standard InChI is InChI=1S/C19H19N/c1-5-16(11-12-20-4)13-19-14(2)17-9-7-6-8-10-18(17)15(19)3/h5-7,9,12-13,16,18H,1-3,11H2,4H3/b19-13+,20-12?. The van der Waals surface area contributed by atoms with Crippen molar-refractivity contribution in [3.05, 3.63) is 72.4 Å². The van der Waals surface area contributed by atoms with Gasteiger partial charge in [0.05, 0.1) is 5.92 Å². The van der Waals surface area contributed by atoms with Gasteiger partial charge in [-0.05, 0) is 41.0 Å². The van der Waals surface area contributed by atoms with E-state index in [-0.39, 0.29) is 11.8 Å². The largest absolute Gasteiger partial charge is 0.301 e. The maximum Gasteiger partial charge on any atom is 0.0711 e. The van der Waals surface area contributed by atoms with Gasteiger partial charge in [-0.15, -0.1) is 6.58 Å². The van der Waals surface area contributed by atoms with Crippen LogP contribution in [0.3, 0.4) is 0 Å². The van der Waals surface area contributed by atoms with Crippen LogP contribution >= 0.6 is 0 Å². The molecule has 2 aliphatic carbocycles. The van der Waals surface area contributed by atoms with Gasteiger partial charge in [0.15, 0.2) is 0 Å². The van der Waals surface area contributed by atoms with Gasteiger partial charge in [0.25, 0.3) is 0 Å². The summed E-state index contributed by atoms with van der Waals surface area (Å²) >= 11 is 0. The average molecular weight is 261 g/mol. The Bertz CT molecular complexity index is 626. The van der Waals surface area contributed by atoms with Crippen LogP contribution in [0.5, 0.6) is 0 Å². The number of hydrogen-bond donors (Lipinski definition) is 0. The first-order valence-corrected chi connectivity index (χ1v) is 6.70. The molecule has 0 aromatic heterocycles. The van der Waals surface area contributed by atoms with Gasteiger partial charge in [-0.3, -0.25) is 0 Å². The van der Waals surface area contributed by atoms with Crippen molar-refractivity contribution in [2.45, 2.75) is 6.42 Å². The van der Waals surface area contributed by atoms with E-state index in [0.717, 1.165) is 28.7 Å². The third-order valence-corrected chi connectivity index (χ3v) is 3.61. The van der Waals surface area contributed by atoms with Crippen LogP contribution in [0.4, 0.5) is 0 Å². The van der Waals surface area contributed by atoms with E-state index in [4.69, 9.17) is 0 Å². The van der Waals surface area contributed by atoms with Gasteiger partial charge in [-0.2, -0.15) is 0 Å². The summed E-state index contributed by atoms with van der Waals surface area (Å²) in [5.41, 5.74) is 4.34. The summed E-state index contributed by atoms with van der Waals surface area (Å²) < 4.78 is 0. The van der Waals surface area contributed by atoms with E-state index in [0.29, 0.717) is 0 Å². The predicted octanol–water partition coefficient (Wildman–Crippen LogP) is 4.05. The summed E-state index contributed by atoms with van der Waals surface area (Å²) in [6, 6.07) is 0. The van der Waals surface area contributed by atoms with Crippen molar-refractivity contribution >= 4 is 6.21 Å². The van der Waals surface area contributed by atoms with Gasteiger partial charge in [0.1, 0.15) is 0 Å². The van der Waals surface area contributed by atoms with Crippen LogP contribution in [-0.4, -0.2) is 13.3 Å². The summed E-state index contributed by atoms with van der Waals surface area (Å²) in [7, 11) is 1.78. The molecule has 0 saturated heterocycles. The van der Waals surface area contributed by atoms with Gasteiger partial charge in [0.2, 0.25) is 0 Å². The quantitative estimate of drug-likeness (QED) is 0.411. The van der Waals surface area contributed by atoms with Crippen LogP contribution < -0.4 is 0 Å². The molecule has 1 heteroatoms. The zero-order valence-corrected chi connectivity index (χ0v) is 11.9. The third kappa shape index (κ3) is 2.65. The second-order valence-corrected chi connectivity index (χ2v) is 4.86. The molecule has 1 nitrogen and oxygen atoms in total. The predicted molar refractivity (Wildman–Crippen MR) is 87.6 cm³/mol. The minimum Gasteiger partial charge on any atom is -0.301 e. The molecule has 2 atom stereocenters. The van der Waals surface area contributed by atoms with Gasteiger partial charge in [-0.1, -0.05) is 49.3 Å². The fraction of sp³-hybridized carbons (Fsp3) is 0.211. The van der Waals surface area contributed by atoms with Gasteiger partial charge >= 0.3 is 0 Å². The lowest BCUT2D eigenvalue weighted by Crippen LogP contribution is -1.97. The Labute approximate surface area is 121 Å². The highest BCUT2D eigenvalue weighted by molar-refractivity contribution is 5.69. The number of hydrogen-bond acceptors (Lipinski definition) is 1.